The maximum Gasteiger partial charge on any atom is 0.350 e. The smallest absolute Gasteiger partial charge is 0.350 e. The Morgan fingerprint density at radius 1 is 1.58 bits per heavy atom. The highest BCUT2D eigenvalue weighted by atomic mass is 31.2. The Kier molecular flexibility index (Phi) is 5.64. The lowest BCUT2D eigenvalue weighted by molar-refractivity contribution is 0.00295. The first-order valence-electron chi connectivity index (χ1n) is 5.30. The average molecular weight is 293 g/mol. The molecule has 1 unspecified atom stereocenters. The number of nitrogen functional groups attached to an aromatic ring is 1. The third-order valence-corrected chi connectivity index (χ3v) is 2.61. The summed E-state index contributed by atoms with van der Waals surface area (Å²) in [5, 5.41) is 0. The molecule has 1 aromatic rings. The minimum absolute atomic E-state index is 0.0555. The summed E-state index contributed by atoms with van der Waals surface area (Å²) < 4.78 is 21.9. The van der Waals surface area contributed by atoms with E-state index in [1.165, 1.54) is 23.9 Å². The maximum atomic E-state index is 11.5. The fourth-order valence-corrected chi connectivity index (χ4v) is 1.75. The van der Waals surface area contributed by atoms with E-state index in [1.807, 2.05) is 0 Å². The average Bonchev–Trinajstić information content (AvgIpc) is 2.28. The van der Waals surface area contributed by atoms with Gasteiger partial charge in [0.1, 0.15) is 12.2 Å². The molecule has 9 nitrogen and oxygen atoms in total. The monoisotopic (exact) mass is 293 g/mol. The van der Waals surface area contributed by atoms with Crippen molar-refractivity contribution in [2.45, 2.75) is 12.6 Å². The van der Waals surface area contributed by atoms with Crippen molar-refractivity contribution in [1.82, 2.24) is 9.55 Å². The molecule has 0 fully saturated rings. The van der Waals surface area contributed by atoms with Crippen LogP contribution in [0.5, 0.6) is 0 Å². The number of hydrogen-bond acceptors (Lipinski definition) is 6. The molecule has 0 saturated heterocycles. The predicted molar refractivity (Wildman–Crippen MR) is 66.6 cm³/mol. The van der Waals surface area contributed by atoms with E-state index in [9.17, 15) is 9.36 Å². The number of hydrogen-bond donors (Lipinski definition) is 3. The lowest BCUT2D eigenvalue weighted by Gasteiger charge is -2.18. The van der Waals surface area contributed by atoms with Crippen LogP contribution < -0.4 is 11.4 Å². The molecular formula is C9H16N3O6P. The van der Waals surface area contributed by atoms with Gasteiger partial charge in [-0.25, -0.2) is 4.79 Å². The maximum absolute atomic E-state index is 11.5. The van der Waals surface area contributed by atoms with Crippen LogP contribution in [0.15, 0.2) is 17.1 Å². The summed E-state index contributed by atoms with van der Waals surface area (Å²) in [6.45, 7) is 0.136. The van der Waals surface area contributed by atoms with E-state index in [0.717, 1.165) is 0 Å². The molecule has 1 atom stereocenters. The molecule has 0 aromatic carbocycles. The Labute approximate surface area is 109 Å². The third kappa shape index (κ3) is 5.95. The van der Waals surface area contributed by atoms with Gasteiger partial charge in [0.25, 0.3) is 0 Å². The Morgan fingerprint density at radius 2 is 2.26 bits per heavy atom. The van der Waals surface area contributed by atoms with Gasteiger partial charge in [0.15, 0.2) is 0 Å². The lowest BCUT2D eigenvalue weighted by Crippen LogP contribution is -2.32. The van der Waals surface area contributed by atoms with Crippen molar-refractivity contribution in [3.8, 4) is 0 Å². The van der Waals surface area contributed by atoms with E-state index in [-0.39, 0.29) is 19.0 Å². The normalized spacial score (nSPS) is 13.4. The van der Waals surface area contributed by atoms with E-state index in [0.29, 0.717) is 0 Å². The van der Waals surface area contributed by atoms with Crippen molar-refractivity contribution < 1.29 is 23.8 Å². The molecule has 0 aliphatic carbocycles. The second-order valence-corrected chi connectivity index (χ2v) is 5.41. The van der Waals surface area contributed by atoms with Crippen molar-refractivity contribution in [3.05, 3.63) is 22.7 Å². The van der Waals surface area contributed by atoms with Crippen LogP contribution in [0, 0.1) is 0 Å². The summed E-state index contributed by atoms with van der Waals surface area (Å²) in [4.78, 5) is 32.5. The number of aromatic nitrogens is 2. The highest BCUT2D eigenvalue weighted by Crippen LogP contribution is 2.34. The fraction of sp³-hybridized carbons (Fsp3) is 0.556. The number of nitrogens with zero attached hydrogens (tertiary/aromatic N) is 2. The molecule has 0 radical (unpaired) electrons. The molecule has 0 bridgehead atoms. The molecule has 1 rings (SSSR count). The quantitative estimate of drug-likeness (QED) is 0.544. The number of nitrogens with two attached hydrogens (primary N) is 1. The van der Waals surface area contributed by atoms with Crippen LogP contribution in [0.3, 0.4) is 0 Å². The topological polar surface area (TPSA) is 137 Å². The predicted octanol–water partition coefficient (Wildman–Crippen LogP) is -1.01. The van der Waals surface area contributed by atoms with E-state index in [1.54, 1.807) is 0 Å². The van der Waals surface area contributed by atoms with Crippen molar-refractivity contribution >= 4 is 13.4 Å². The van der Waals surface area contributed by atoms with Crippen LogP contribution in [-0.2, 0) is 20.6 Å². The van der Waals surface area contributed by atoms with Gasteiger partial charge in [0.05, 0.1) is 19.3 Å². The molecule has 10 heteroatoms. The standard InChI is InChI=1S/C9H16N3O6P/c1-17-5-7(18-6-19(14,15)16)4-12-3-2-8(10)11-9(12)13/h2-3,7H,4-6H2,1H3,(H2,10,11,13)(H2,14,15,16). The zero-order valence-corrected chi connectivity index (χ0v) is 11.2. The van der Waals surface area contributed by atoms with Crippen LogP contribution >= 0.6 is 7.60 Å². The fourth-order valence-electron chi connectivity index (χ4n) is 1.34. The highest BCUT2D eigenvalue weighted by Gasteiger charge is 2.18. The van der Waals surface area contributed by atoms with Gasteiger partial charge in [-0.3, -0.25) is 9.13 Å². The zero-order chi connectivity index (χ0) is 14.5. The first-order chi connectivity index (χ1) is 8.81. The van der Waals surface area contributed by atoms with Gasteiger partial charge in [0, 0.05) is 13.3 Å². The first-order valence-corrected chi connectivity index (χ1v) is 7.09. The van der Waals surface area contributed by atoms with Gasteiger partial charge in [0.2, 0.25) is 0 Å². The summed E-state index contributed by atoms with van der Waals surface area (Å²) >= 11 is 0. The molecule has 1 aromatic heterocycles. The van der Waals surface area contributed by atoms with Gasteiger partial charge in [-0.05, 0) is 6.07 Å². The molecule has 0 spiro atoms. The molecule has 19 heavy (non-hydrogen) atoms. The van der Waals surface area contributed by atoms with E-state index in [4.69, 9.17) is 25.0 Å². The molecule has 1 heterocycles. The molecule has 4 N–H and O–H groups in total. The van der Waals surface area contributed by atoms with E-state index in [2.05, 4.69) is 4.98 Å². The summed E-state index contributed by atoms with van der Waals surface area (Å²) in [7, 11) is -2.85. The molecule has 0 saturated carbocycles. The first kappa shape index (κ1) is 15.8. The van der Waals surface area contributed by atoms with Crippen LogP contribution in [0.1, 0.15) is 0 Å². The number of methoxy groups -OCH3 is 1. The molecular weight excluding hydrogens is 277 g/mol. The van der Waals surface area contributed by atoms with Gasteiger partial charge < -0.3 is 25.0 Å². The molecule has 0 aliphatic rings. The second kappa shape index (κ2) is 6.78. The van der Waals surface area contributed by atoms with Gasteiger partial charge in [-0.2, -0.15) is 4.98 Å². The summed E-state index contributed by atoms with van der Waals surface area (Å²) in [5.41, 5.74) is 4.78. The Morgan fingerprint density at radius 3 is 2.79 bits per heavy atom. The minimum atomic E-state index is -4.27. The zero-order valence-electron chi connectivity index (χ0n) is 10.3. The SMILES string of the molecule is COCC(Cn1ccc(N)nc1=O)OCP(=O)(O)O. The summed E-state index contributed by atoms with van der Waals surface area (Å²) in [5.74, 6) is 0.0978. The van der Waals surface area contributed by atoms with Gasteiger partial charge >= 0.3 is 13.3 Å². The Bertz CT molecular complexity index is 513. The van der Waals surface area contributed by atoms with E-state index >= 15 is 0 Å². The second-order valence-electron chi connectivity index (χ2n) is 3.83. The largest absolute Gasteiger partial charge is 0.383 e. The van der Waals surface area contributed by atoms with Crippen LogP contribution in [-0.4, -0.2) is 45.5 Å². The number of ether oxygens (including phenoxy) is 2. The summed E-state index contributed by atoms with van der Waals surface area (Å²) in [6.07, 6.45) is 0.00699. The van der Waals surface area contributed by atoms with Gasteiger partial charge in [-0.1, -0.05) is 0 Å². The van der Waals surface area contributed by atoms with Crippen LogP contribution in [0.2, 0.25) is 0 Å². The molecule has 0 aliphatic heterocycles. The minimum Gasteiger partial charge on any atom is -0.383 e. The van der Waals surface area contributed by atoms with Gasteiger partial charge in [-0.15, -0.1) is 0 Å². The summed E-state index contributed by atoms with van der Waals surface area (Å²) in [6, 6.07) is 1.44. The Balaban J connectivity index is 2.72. The molecule has 0 amide bonds. The Hall–Kier alpha value is -1.25. The van der Waals surface area contributed by atoms with Crippen LogP contribution in [0.25, 0.3) is 0 Å². The number of anilines is 1. The van der Waals surface area contributed by atoms with Crippen molar-refractivity contribution in [1.29, 1.82) is 0 Å². The van der Waals surface area contributed by atoms with Crippen molar-refractivity contribution in [3.63, 3.8) is 0 Å². The van der Waals surface area contributed by atoms with E-state index < -0.39 is 25.7 Å². The lowest BCUT2D eigenvalue weighted by atomic mass is 10.3. The van der Waals surface area contributed by atoms with Crippen molar-refractivity contribution in [2.24, 2.45) is 0 Å². The number of rotatable bonds is 7. The van der Waals surface area contributed by atoms with Crippen LogP contribution in [0.4, 0.5) is 5.82 Å². The molecule has 108 valence electrons. The van der Waals surface area contributed by atoms with Crippen molar-refractivity contribution in [2.75, 3.05) is 25.8 Å². The third-order valence-electron chi connectivity index (χ3n) is 2.13. The highest BCUT2D eigenvalue weighted by molar-refractivity contribution is 7.51.